The Bertz CT molecular complexity index is 783. The first kappa shape index (κ1) is 19.6. The number of carbonyl (C=O) groups is 3. The van der Waals surface area contributed by atoms with Crippen LogP contribution in [-0.4, -0.2) is 40.8 Å². The van der Waals surface area contributed by atoms with Gasteiger partial charge in [0.2, 0.25) is 0 Å². The van der Waals surface area contributed by atoms with E-state index >= 15 is 0 Å². The second-order valence-corrected chi connectivity index (χ2v) is 6.78. The maximum Gasteiger partial charge on any atom is 0.321 e. The third-order valence-corrected chi connectivity index (χ3v) is 4.77. The van der Waals surface area contributed by atoms with E-state index < -0.39 is 24.5 Å². The summed E-state index contributed by atoms with van der Waals surface area (Å²) >= 11 is 1.60. The molecule has 2 heterocycles. The second-order valence-electron chi connectivity index (χ2n) is 5.74. The van der Waals surface area contributed by atoms with Crippen LogP contribution >= 0.6 is 11.3 Å². The number of imide groups is 1. The van der Waals surface area contributed by atoms with Crippen LogP contribution in [0.25, 0.3) is 0 Å². The Morgan fingerprint density at radius 3 is 2.69 bits per heavy atom. The third-order valence-electron chi connectivity index (χ3n) is 3.83. The fourth-order valence-electron chi connectivity index (χ4n) is 2.38. The number of aromatic nitrogens is 2. The molecule has 0 spiro atoms. The van der Waals surface area contributed by atoms with Crippen molar-refractivity contribution in [2.24, 2.45) is 7.05 Å². The molecule has 26 heavy (non-hydrogen) atoms. The van der Waals surface area contributed by atoms with E-state index in [-0.39, 0.29) is 6.42 Å². The Morgan fingerprint density at radius 2 is 2.08 bits per heavy atom. The molecule has 0 aliphatic rings. The lowest BCUT2D eigenvalue weighted by Crippen LogP contribution is -2.42. The Hall–Kier alpha value is -2.68. The van der Waals surface area contributed by atoms with Gasteiger partial charge in [0, 0.05) is 29.7 Å². The molecule has 140 valence electrons. The number of esters is 1. The van der Waals surface area contributed by atoms with E-state index in [0.29, 0.717) is 13.0 Å². The molecule has 3 amide bonds. The molecule has 2 aromatic rings. The molecule has 0 aromatic carbocycles. The summed E-state index contributed by atoms with van der Waals surface area (Å²) in [6.45, 7) is 3.58. The van der Waals surface area contributed by atoms with Gasteiger partial charge in [-0.05, 0) is 31.7 Å². The number of nitrogens with zero attached hydrogens (tertiary/aromatic N) is 2. The van der Waals surface area contributed by atoms with Crippen molar-refractivity contribution in [3.63, 3.8) is 0 Å². The summed E-state index contributed by atoms with van der Waals surface area (Å²) in [6.07, 6.45) is 0.726. The molecule has 0 bridgehead atoms. The standard InChI is InChI=1S/C17H22N4O4S/c1-11-14(12(2)21(3)20-11)9-16(23)25-10-15(22)19-17(24)18-7-6-13-5-4-8-26-13/h4-5,8H,6-7,9-10H2,1-3H3,(H2,18,19,22,24). The Morgan fingerprint density at radius 1 is 1.31 bits per heavy atom. The van der Waals surface area contributed by atoms with Gasteiger partial charge in [-0.3, -0.25) is 19.6 Å². The second kappa shape index (κ2) is 9.14. The lowest BCUT2D eigenvalue weighted by atomic mass is 10.1. The van der Waals surface area contributed by atoms with Crippen LogP contribution in [0.15, 0.2) is 17.5 Å². The normalized spacial score (nSPS) is 10.4. The molecule has 0 aliphatic heterocycles. The fourth-order valence-corrected chi connectivity index (χ4v) is 3.08. The SMILES string of the molecule is Cc1nn(C)c(C)c1CC(=O)OCC(=O)NC(=O)NCCc1cccs1. The first-order chi connectivity index (χ1) is 12.4. The van der Waals surface area contributed by atoms with Crippen molar-refractivity contribution >= 4 is 29.2 Å². The van der Waals surface area contributed by atoms with Gasteiger partial charge in [-0.2, -0.15) is 5.10 Å². The van der Waals surface area contributed by atoms with E-state index in [0.717, 1.165) is 21.8 Å². The highest BCUT2D eigenvalue weighted by atomic mass is 32.1. The fraction of sp³-hybridized carbons (Fsp3) is 0.412. The quantitative estimate of drug-likeness (QED) is 0.706. The molecular weight excluding hydrogens is 356 g/mol. The molecule has 0 saturated heterocycles. The van der Waals surface area contributed by atoms with Crippen molar-refractivity contribution in [1.82, 2.24) is 20.4 Å². The predicted molar refractivity (Wildman–Crippen MR) is 96.9 cm³/mol. The summed E-state index contributed by atoms with van der Waals surface area (Å²) in [6, 6.07) is 3.30. The van der Waals surface area contributed by atoms with E-state index in [1.807, 2.05) is 31.4 Å². The van der Waals surface area contributed by atoms with Crippen molar-refractivity contribution in [3.05, 3.63) is 39.3 Å². The lowest BCUT2D eigenvalue weighted by Gasteiger charge is -2.07. The van der Waals surface area contributed by atoms with Crippen LogP contribution in [0.1, 0.15) is 21.8 Å². The highest BCUT2D eigenvalue weighted by Crippen LogP contribution is 2.13. The number of carbonyl (C=O) groups excluding carboxylic acids is 3. The number of amides is 3. The molecular formula is C17H22N4O4S. The molecule has 0 saturated carbocycles. The van der Waals surface area contributed by atoms with Crippen molar-refractivity contribution < 1.29 is 19.1 Å². The summed E-state index contributed by atoms with van der Waals surface area (Å²) in [5.41, 5.74) is 2.40. The number of ether oxygens (including phenoxy) is 1. The Balaban J connectivity index is 1.67. The van der Waals surface area contributed by atoms with Gasteiger partial charge < -0.3 is 10.1 Å². The van der Waals surface area contributed by atoms with E-state index in [1.54, 1.807) is 23.1 Å². The predicted octanol–water partition coefficient (Wildman–Crippen LogP) is 1.25. The zero-order chi connectivity index (χ0) is 19.1. The average Bonchev–Trinajstić information content (AvgIpc) is 3.17. The van der Waals surface area contributed by atoms with E-state index in [2.05, 4.69) is 15.7 Å². The number of thiophene rings is 1. The van der Waals surface area contributed by atoms with Gasteiger partial charge in [0.1, 0.15) is 0 Å². The van der Waals surface area contributed by atoms with Crippen LogP contribution in [0.3, 0.4) is 0 Å². The van der Waals surface area contributed by atoms with Gasteiger partial charge in [0.15, 0.2) is 6.61 Å². The molecule has 2 aromatic heterocycles. The molecule has 0 aliphatic carbocycles. The molecule has 0 radical (unpaired) electrons. The van der Waals surface area contributed by atoms with Gasteiger partial charge in [-0.15, -0.1) is 11.3 Å². The van der Waals surface area contributed by atoms with Crippen LogP contribution in [-0.2, 0) is 34.2 Å². The molecule has 2 N–H and O–H groups in total. The maximum atomic E-state index is 11.9. The van der Waals surface area contributed by atoms with Crippen molar-refractivity contribution in [2.45, 2.75) is 26.7 Å². The minimum atomic E-state index is -0.674. The lowest BCUT2D eigenvalue weighted by molar-refractivity contribution is -0.147. The maximum absolute atomic E-state index is 11.9. The monoisotopic (exact) mass is 378 g/mol. The van der Waals surface area contributed by atoms with E-state index in [1.165, 1.54) is 0 Å². The Labute approximate surface area is 155 Å². The van der Waals surface area contributed by atoms with Crippen molar-refractivity contribution in [3.8, 4) is 0 Å². The molecule has 8 nitrogen and oxygen atoms in total. The summed E-state index contributed by atoms with van der Waals surface area (Å²) in [4.78, 5) is 36.3. The van der Waals surface area contributed by atoms with Crippen LogP contribution < -0.4 is 10.6 Å². The number of aryl methyl sites for hydroxylation is 2. The summed E-state index contributed by atoms with van der Waals surface area (Å²) in [7, 11) is 1.79. The number of nitrogens with one attached hydrogen (secondary N) is 2. The molecule has 0 unspecified atom stereocenters. The minimum absolute atomic E-state index is 0.0335. The number of urea groups is 1. The summed E-state index contributed by atoms with van der Waals surface area (Å²) in [5, 5.41) is 10.9. The summed E-state index contributed by atoms with van der Waals surface area (Å²) < 4.78 is 6.61. The molecule has 0 atom stereocenters. The van der Waals surface area contributed by atoms with Gasteiger partial charge in [-0.25, -0.2) is 4.79 Å². The molecule has 2 rings (SSSR count). The third kappa shape index (κ3) is 5.69. The topological polar surface area (TPSA) is 102 Å². The minimum Gasteiger partial charge on any atom is -0.455 e. The van der Waals surface area contributed by atoms with Gasteiger partial charge in [0.05, 0.1) is 12.1 Å². The van der Waals surface area contributed by atoms with Crippen LogP contribution in [0.2, 0.25) is 0 Å². The zero-order valence-corrected chi connectivity index (χ0v) is 15.8. The summed E-state index contributed by atoms with van der Waals surface area (Å²) in [5.74, 6) is -1.22. The van der Waals surface area contributed by atoms with Crippen molar-refractivity contribution in [2.75, 3.05) is 13.2 Å². The molecule has 9 heteroatoms. The largest absolute Gasteiger partial charge is 0.455 e. The highest BCUT2D eigenvalue weighted by molar-refractivity contribution is 7.09. The van der Waals surface area contributed by atoms with Crippen LogP contribution in [0.5, 0.6) is 0 Å². The zero-order valence-electron chi connectivity index (χ0n) is 15.0. The number of hydrogen-bond donors (Lipinski definition) is 2. The number of rotatable bonds is 7. The van der Waals surface area contributed by atoms with Gasteiger partial charge in [-0.1, -0.05) is 6.07 Å². The van der Waals surface area contributed by atoms with Gasteiger partial charge in [0.25, 0.3) is 5.91 Å². The van der Waals surface area contributed by atoms with Crippen LogP contribution in [0.4, 0.5) is 4.79 Å². The van der Waals surface area contributed by atoms with Gasteiger partial charge >= 0.3 is 12.0 Å². The van der Waals surface area contributed by atoms with Crippen LogP contribution in [0, 0.1) is 13.8 Å². The van der Waals surface area contributed by atoms with E-state index in [4.69, 9.17) is 4.74 Å². The van der Waals surface area contributed by atoms with Crippen molar-refractivity contribution in [1.29, 1.82) is 0 Å². The Kier molecular flexibility index (Phi) is 6.90. The average molecular weight is 378 g/mol. The smallest absolute Gasteiger partial charge is 0.321 e. The highest BCUT2D eigenvalue weighted by Gasteiger charge is 2.16. The molecule has 0 fully saturated rings. The number of hydrogen-bond acceptors (Lipinski definition) is 6. The first-order valence-electron chi connectivity index (χ1n) is 8.11. The van der Waals surface area contributed by atoms with E-state index in [9.17, 15) is 14.4 Å². The first-order valence-corrected chi connectivity index (χ1v) is 8.99.